The van der Waals surface area contributed by atoms with Crippen molar-refractivity contribution < 1.29 is 9.90 Å². The zero-order valence-electron chi connectivity index (χ0n) is 7.13. The summed E-state index contributed by atoms with van der Waals surface area (Å²) in [4.78, 5) is 10.3. The van der Waals surface area contributed by atoms with Gasteiger partial charge in [0.05, 0.1) is 0 Å². The van der Waals surface area contributed by atoms with E-state index in [2.05, 4.69) is 19.6 Å². The van der Waals surface area contributed by atoms with Crippen molar-refractivity contribution in [3.8, 4) is 0 Å². The highest BCUT2D eigenvalue weighted by Gasteiger charge is 2.21. The molecule has 0 aromatic heterocycles. The maximum absolute atomic E-state index is 10.3. The Bertz CT molecular complexity index is 135. The number of aliphatic carboxylic acids is 1. The van der Waals surface area contributed by atoms with Crippen LogP contribution in [0.5, 0.6) is 0 Å². The van der Waals surface area contributed by atoms with Gasteiger partial charge in [-0.3, -0.25) is 4.79 Å². The summed E-state index contributed by atoms with van der Waals surface area (Å²) < 4.78 is 0. The highest BCUT2D eigenvalue weighted by atomic mass is 35.5. The molecule has 3 N–H and O–H groups in total. The first-order valence-electron chi connectivity index (χ1n) is 3.31. The number of carboxylic acids is 1. The molecule has 1 atom stereocenters. The van der Waals surface area contributed by atoms with E-state index in [1.807, 2.05) is 0 Å². The van der Waals surface area contributed by atoms with Gasteiger partial charge >= 0.3 is 5.97 Å². The number of rotatable bonds is 3. The van der Waals surface area contributed by atoms with Crippen LogP contribution in [0.3, 0.4) is 0 Å². The van der Waals surface area contributed by atoms with E-state index in [0.29, 0.717) is 6.04 Å². The summed E-state index contributed by atoms with van der Waals surface area (Å²) in [6, 6.07) is -0.00540. The summed E-state index contributed by atoms with van der Waals surface area (Å²) in [5, 5.41) is 8.44. The third-order valence-corrected chi connectivity index (χ3v) is 2.81. The minimum atomic E-state index is -1.29. The first-order chi connectivity index (χ1) is 4.33. The number of hydrogen-bond acceptors (Lipinski definition) is 2. The molecular formula is C6H16ClNO2Si. The van der Waals surface area contributed by atoms with E-state index in [1.165, 1.54) is 0 Å². The first kappa shape index (κ1) is 13.5. The molecule has 11 heavy (non-hydrogen) atoms. The van der Waals surface area contributed by atoms with Gasteiger partial charge < -0.3 is 10.8 Å². The van der Waals surface area contributed by atoms with Gasteiger partial charge in [-0.25, -0.2) is 0 Å². The summed E-state index contributed by atoms with van der Waals surface area (Å²) in [5.41, 5.74) is 5.34. The van der Waals surface area contributed by atoms with Crippen LogP contribution in [-0.4, -0.2) is 25.2 Å². The van der Waals surface area contributed by atoms with E-state index in [1.54, 1.807) is 0 Å². The molecule has 0 aliphatic rings. The molecule has 0 saturated carbocycles. The molecule has 3 nitrogen and oxygen atoms in total. The topological polar surface area (TPSA) is 63.3 Å². The van der Waals surface area contributed by atoms with Crippen LogP contribution < -0.4 is 5.73 Å². The van der Waals surface area contributed by atoms with Crippen LogP contribution in [0.2, 0.25) is 25.7 Å². The fourth-order valence-corrected chi connectivity index (χ4v) is 2.24. The third kappa shape index (κ3) is 7.84. The number of carbonyl (C=O) groups is 1. The van der Waals surface area contributed by atoms with E-state index < -0.39 is 20.1 Å². The molecule has 68 valence electrons. The molecule has 0 aliphatic carbocycles. The zero-order chi connectivity index (χ0) is 8.36. The Morgan fingerprint density at radius 2 is 1.91 bits per heavy atom. The molecule has 5 heteroatoms. The fourth-order valence-electron chi connectivity index (χ4n) is 0.747. The standard InChI is InChI=1S/C6H15NO2Si.ClH/c1-10(2,3)4-5(7)6(8)9;/h5H,4,7H2,1-3H3,(H,8,9);1H. The van der Waals surface area contributed by atoms with Gasteiger partial charge in [-0.05, 0) is 6.04 Å². The predicted octanol–water partition coefficient (Wildman–Crippen LogP) is 1.16. The van der Waals surface area contributed by atoms with Gasteiger partial charge in [0.25, 0.3) is 0 Å². The third-order valence-electron chi connectivity index (χ3n) is 1.15. The average Bonchev–Trinajstić information content (AvgIpc) is 1.60. The monoisotopic (exact) mass is 197 g/mol. The predicted molar refractivity (Wildman–Crippen MR) is 51.0 cm³/mol. The van der Waals surface area contributed by atoms with Crippen LogP contribution in [0, 0.1) is 0 Å². The van der Waals surface area contributed by atoms with E-state index in [-0.39, 0.29) is 12.4 Å². The Morgan fingerprint density at radius 1 is 1.55 bits per heavy atom. The molecule has 0 bridgehead atoms. The van der Waals surface area contributed by atoms with Crippen molar-refractivity contribution in [3.63, 3.8) is 0 Å². The van der Waals surface area contributed by atoms with Crippen molar-refractivity contribution in [2.75, 3.05) is 0 Å². The summed E-state index contributed by atoms with van der Waals surface area (Å²) in [6.07, 6.45) is 0. The van der Waals surface area contributed by atoms with Gasteiger partial charge in [-0.1, -0.05) is 19.6 Å². The maximum Gasteiger partial charge on any atom is 0.320 e. The Kier molecular flexibility index (Phi) is 5.83. The molecular weight excluding hydrogens is 182 g/mol. The van der Waals surface area contributed by atoms with Crippen LogP contribution in [0.1, 0.15) is 0 Å². The second-order valence-corrected chi connectivity index (χ2v) is 9.24. The van der Waals surface area contributed by atoms with Gasteiger partial charge in [0, 0.05) is 8.07 Å². The van der Waals surface area contributed by atoms with Gasteiger partial charge in [0.1, 0.15) is 6.04 Å². The Hall–Kier alpha value is -0.0631. The summed E-state index contributed by atoms with van der Waals surface area (Å²) in [6.45, 7) is 6.32. The second kappa shape index (κ2) is 4.74. The minimum absolute atomic E-state index is 0. The maximum atomic E-state index is 10.3. The summed E-state index contributed by atoms with van der Waals surface area (Å²) >= 11 is 0. The largest absolute Gasteiger partial charge is 0.480 e. The zero-order valence-corrected chi connectivity index (χ0v) is 8.94. The van der Waals surface area contributed by atoms with Gasteiger partial charge in [0.2, 0.25) is 0 Å². The lowest BCUT2D eigenvalue weighted by Gasteiger charge is -2.17. The average molecular weight is 198 g/mol. The molecule has 0 rings (SSSR count). The molecule has 0 radical (unpaired) electrons. The van der Waals surface area contributed by atoms with Crippen molar-refractivity contribution in [1.82, 2.24) is 0 Å². The Balaban J connectivity index is 0. The minimum Gasteiger partial charge on any atom is -0.480 e. The number of nitrogens with two attached hydrogens (primary N) is 1. The molecule has 0 fully saturated rings. The van der Waals surface area contributed by atoms with Crippen molar-refractivity contribution >= 4 is 26.5 Å². The molecule has 1 unspecified atom stereocenters. The summed E-state index contributed by atoms with van der Waals surface area (Å²) in [7, 11) is -1.29. The lowest BCUT2D eigenvalue weighted by Crippen LogP contribution is -2.37. The molecule has 0 aromatic carbocycles. The highest BCUT2D eigenvalue weighted by Crippen LogP contribution is 2.09. The van der Waals surface area contributed by atoms with Gasteiger partial charge in [-0.15, -0.1) is 12.4 Å². The normalized spacial score (nSPS) is 13.5. The van der Waals surface area contributed by atoms with Gasteiger partial charge in [0.15, 0.2) is 0 Å². The van der Waals surface area contributed by atoms with Crippen LogP contribution >= 0.6 is 12.4 Å². The molecule has 0 aliphatic heterocycles. The lowest BCUT2D eigenvalue weighted by atomic mass is 10.4. The Labute approximate surface area is 74.4 Å². The molecule has 0 amide bonds. The number of carboxylic acid groups (broad SMARTS) is 1. The van der Waals surface area contributed by atoms with Crippen LogP contribution in [0.4, 0.5) is 0 Å². The van der Waals surface area contributed by atoms with Crippen LogP contribution in [0.25, 0.3) is 0 Å². The Morgan fingerprint density at radius 3 is 2.00 bits per heavy atom. The SMILES string of the molecule is C[Si](C)(C)CC(N)C(=O)O.Cl. The van der Waals surface area contributed by atoms with E-state index in [9.17, 15) is 4.79 Å². The molecule has 0 spiro atoms. The van der Waals surface area contributed by atoms with Crippen molar-refractivity contribution in [2.45, 2.75) is 31.7 Å². The van der Waals surface area contributed by atoms with Crippen LogP contribution in [0.15, 0.2) is 0 Å². The smallest absolute Gasteiger partial charge is 0.320 e. The van der Waals surface area contributed by atoms with Crippen molar-refractivity contribution in [3.05, 3.63) is 0 Å². The quantitative estimate of drug-likeness (QED) is 0.668. The van der Waals surface area contributed by atoms with Crippen LogP contribution in [-0.2, 0) is 4.79 Å². The van der Waals surface area contributed by atoms with E-state index in [4.69, 9.17) is 10.8 Å². The second-order valence-electron chi connectivity index (χ2n) is 3.71. The first-order valence-corrected chi connectivity index (χ1v) is 7.02. The number of halogens is 1. The van der Waals surface area contributed by atoms with Gasteiger partial charge in [-0.2, -0.15) is 0 Å². The van der Waals surface area contributed by atoms with E-state index in [0.717, 1.165) is 0 Å². The fraction of sp³-hybridized carbons (Fsp3) is 0.833. The van der Waals surface area contributed by atoms with Crippen molar-refractivity contribution in [1.29, 1.82) is 0 Å². The lowest BCUT2D eigenvalue weighted by molar-refractivity contribution is -0.138. The highest BCUT2D eigenvalue weighted by molar-refractivity contribution is 6.76. The molecule has 0 heterocycles. The molecule has 0 aromatic rings. The van der Waals surface area contributed by atoms with E-state index >= 15 is 0 Å². The van der Waals surface area contributed by atoms with Crippen molar-refractivity contribution in [2.24, 2.45) is 5.73 Å². The molecule has 0 saturated heterocycles. The number of hydrogen-bond donors (Lipinski definition) is 2. The summed E-state index contributed by atoms with van der Waals surface area (Å²) in [5.74, 6) is -0.887.